The van der Waals surface area contributed by atoms with E-state index in [-0.39, 0.29) is 12.1 Å². The lowest BCUT2D eigenvalue weighted by Crippen LogP contribution is -2.09. The molecule has 6 heteroatoms. The van der Waals surface area contributed by atoms with Gasteiger partial charge < -0.3 is 20.2 Å². The Bertz CT molecular complexity index is 554. The third kappa shape index (κ3) is 3.71. The largest absolute Gasteiger partial charge is 0.491 e. The molecule has 0 saturated carbocycles. The molecule has 1 heterocycles. The lowest BCUT2D eigenvalue weighted by Gasteiger charge is -2.13. The van der Waals surface area contributed by atoms with Gasteiger partial charge in [-0.1, -0.05) is 18.1 Å². The second-order valence-corrected chi connectivity index (χ2v) is 4.72. The van der Waals surface area contributed by atoms with Crippen molar-refractivity contribution in [3.05, 3.63) is 30.2 Å². The molecule has 0 radical (unpaired) electrons. The number of nitrogens with two attached hydrogens (primary N) is 1. The minimum absolute atomic E-state index is 0.179. The Kier molecular flexibility index (Phi) is 4.57. The number of hydrogen-bond acceptors (Lipinski definition) is 6. The molecule has 2 aromatic rings. The first kappa shape index (κ1) is 14.3. The number of ether oxygens (including phenoxy) is 1. The summed E-state index contributed by atoms with van der Waals surface area (Å²) < 4.78 is 11.2. The quantitative estimate of drug-likeness (QED) is 0.843. The first-order chi connectivity index (χ1) is 9.58. The average molecular weight is 276 g/mol. The highest BCUT2D eigenvalue weighted by Crippen LogP contribution is 2.22. The normalized spacial score (nSPS) is 13.8. The maximum atomic E-state index is 5.76. The molecule has 2 unspecified atom stereocenters. The van der Waals surface area contributed by atoms with E-state index in [2.05, 4.69) is 22.4 Å². The number of benzene rings is 1. The average Bonchev–Trinajstić information content (AvgIpc) is 2.87. The minimum atomic E-state index is -0.280. The number of rotatable bonds is 6. The van der Waals surface area contributed by atoms with Gasteiger partial charge in [0.15, 0.2) is 0 Å². The van der Waals surface area contributed by atoms with Crippen molar-refractivity contribution in [2.45, 2.75) is 39.3 Å². The Balaban J connectivity index is 2.06. The van der Waals surface area contributed by atoms with Crippen LogP contribution in [-0.4, -0.2) is 16.3 Å². The van der Waals surface area contributed by atoms with Gasteiger partial charge in [0.1, 0.15) is 5.75 Å². The molecule has 1 aromatic heterocycles. The molecule has 6 nitrogen and oxygen atoms in total. The van der Waals surface area contributed by atoms with Gasteiger partial charge in [-0.2, -0.15) is 0 Å². The molecule has 0 spiro atoms. The van der Waals surface area contributed by atoms with Crippen LogP contribution < -0.4 is 15.8 Å². The summed E-state index contributed by atoms with van der Waals surface area (Å²) in [5.74, 6) is 1.20. The zero-order chi connectivity index (χ0) is 14.5. The second kappa shape index (κ2) is 6.38. The van der Waals surface area contributed by atoms with Crippen LogP contribution in [0.4, 0.5) is 11.7 Å². The summed E-state index contributed by atoms with van der Waals surface area (Å²) >= 11 is 0. The molecule has 0 aliphatic carbocycles. The summed E-state index contributed by atoms with van der Waals surface area (Å²) in [5, 5.41) is 10.8. The van der Waals surface area contributed by atoms with Crippen LogP contribution in [0.25, 0.3) is 0 Å². The highest BCUT2D eigenvalue weighted by molar-refractivity contribution is 5.54. The fourth-order valence-electron chi connectivity index (χ4n) is 1.56. The van der Waals surface area contributed by atoms with Crippen LogP contribution in [0.3, 0.4) is 0 Å². The molecular weight excluding hydrogens is 256 g/mol. The van der Waals surface area contributed by atoms with Crippen molar-refractivity contribution >= 4 is 11.7 Å². The summed E-state index contributed by atoms with van der Waals surface area (Å²) in [7, 11) is 0. The standard InChI is InChI=1S/C14H20N4O2/c1-4-9(2)19-12-7-5-6-11(8-12)16-14-18-17-13(20-14)10(3)15/h5-10H,4,15H2,1-3H3,(H,16,18). The van der Waals surface area contributed by atoms with Gasteiger partial charge in [-0.25, -0.2) is 0 Å². The van der Waals surface area contributed by atoms with Crippen LogP contribution in [0.1, 0.15) is 39.1 Å². The van der Waals surface area contributed by atoms with E-state index in [4.69, 9.17) is 14.9 Å². The first-order valence-electron chi connectivity index (χ1n) is 6.71. The Morgan fingerprint density at radius 2 is 2.15 bits per heavy atom. The van der Waals surface area contributed by atoms with Crippen LogP contribution in [0.2, 0.25) is 0 Å². The zero-order valence-corrected chi connectivity index (χ0v) is 12.0. The second-order valence-electron chi connectivity index (χ2n) is 4.72. The van der Waals surface area contributed by atoms with Crippen LogP contribution in [0.5, 0.6) is 5.75 Å². The van der Waals surface area contributed by atoms with Gasteiger partial charge in [-0.05, 0) is 32.4 Å². The third-order valence-electron chi connectivity index (χ3n) is 2.83. The predicted octanol–water partition coefficient (Wildman–Crippen LogP) is 3.01. The van der Waals surface area contributed by atoms with Crippen molar-refractivity contribution in [2.75, 3.05) is 5.32 Å². The molecule has 20 heavy (non-hydrogen) atoms. The smallest absolute Gasteiger partial charge is 0.320 e. The summed E-state index contributed by atoms with van der Waals surface area (Å²) in [6.45, 7) is 5.91. The molecule has 0 aliphatic heterocycles. The summed E-state index contributed by atoms with van der Waals surface area (Å²) in [4.78, 5) is 0. The highest BCUT2D eigenvalue weighted by atomic mass is 16.5. The first-order valence-corrected chi connectivity index (χ1v) is 6.71. The van der Waals surface area contributed by atoms with Crippen molar-refractivity contribution in [3.8, 4) is 5.75 Å². The van der Waals surface area contributed by atoms with Gasteiger partial charge in [0, 0.05) is 11.8 Å². The fraction of sp³-hybridized carbons (Fsp3) is 0.429. The zero-order valence-electron chi connectivity index (χ0n) is 12.0. The maximum absolute atomic E-state index is 5.76. The Labute approximate surface area is 118 Å². The van der Waals surface area contributed by atoms with Crippen LogP contribution in [0.15, 0.2) is 28.7 Å². The van der Waals surface area contributed by atoms with E-state index >= 15 is 0 Å². The van der Waals surface area contributed by atoms with Crippen LogP contribution >= 0.6 is 0 Å². The molecule has 2 atom stereocenters. The van der Waals surface area contributed by atoms with Crippen molar-refractivity contribution in [3.63, 3.8) is 0 Å². The lowest BCUT2D eigenvalue weighted by molar-refractivity contribution is 0.217. The summed E-state index contributed by atoms with van der Waals surface area (Å²) in [6, 6.07) is 7.65. The highest BCUT2D eigenvalue weighted by Gasteiger charge is 2.10. The van der Waals surface area contributed by atoms with E-state index in [1.807, 2.05) is 31.2 Å². The van der Waals surface area contributed by atoms with E-state index in [0.717, 1.165) is 17.9 Å². The van der Waals surface area contributed by atoms with Crippen molar-refractivity contribution < 1.29 is 9.15 Å². The number of nitrogens with one attached hydrogen (secondary N) is 1. The van der Waals surface area contributed by atoms with E-state index in [1.165, 1.54) is 0 Å². The van der Waals surface area contributed by atoms with Crippen molar-refractivity contribution in [2.24, 2.45) is 5.73 Å². The SMILES string of the molecule is CCC(C)Oc1cccc(Nc2nnc(C(C)N)o2)c1. The van der Waals surface area contributed by atoms with Gasteiger partial charge in [0.05, 0.1) is 12.1 Å². The number of nitrogens with zero attached hydrogens (tertiary/aromatic N) is 2. The molecule has 0 amide bonds. The number of anilines is 2. The molecule has 0 fully saturated rings. The van der Waals surface area contributed by atoms with Gasteiger partial charge >= 0.3 is 6.01 Å². The summed E-state index contributed by atoms with van der Waals surface area (Å²) in [5.41, 5.74) is 6.50. The van der Waals surface area contributed by atoms with Crippen molar-refractivity contribution in [1.82, 2.24) is 10.2 Å². The van der Waals surface area contributed by atoms with E-state index in [9.17, 15) is 0 Å². The number of hydrogen-bond donors (Lipinski definition) is 2. The van der Waals surface area contributed by atoms with Gasteiger partial charge in [0.25, 0.3) is 0 Å². The summed E-state index contributed by atoms with van der Waals surface area (Å²) in [6.07, 6.45) is 1.14. The molecule has 1 aromatic carbocycles. The van der Waals surface area contributed by atoms with Crippen molar-refractivity contribution in [1.29, 1.82) is 0 Å². The predicted molar refractivity (Wildman–Crippen MR) is 77.0 cm³/mol. The Hall–Kier alpha value is -2.08. The lowest BCUT2D eigenvalue weighted by atomic mass is 10.3. The molecular formula is C14H20N4O2. The van der Waals surface area contributed by atoms with Crippen LogP contribution in [0, 0.1) is 0 Å². The molecule has 0 aliphatic rings. The molecule has 3 N–H and O–H groups in total. The molecule has 0 saturated heterocycles. The third-order valence-corrected chi connectivity index (χ3v) is 2.83. The van der Waals surface area contributed by atoms with E-state index in [0.29, 0.717) is 11.9 Å². The maximum Gasteiger partial charge on any atom is 0.320 e. The minimum Gasteiger partial charge on any atom is -0.491 e. The molecule has 0 bridgehead atoms. The fourth-order valence-corrected chi connectivity index (χ4v) is 1.56. The van der Waals surface area contributed by atoms with E-state index < -0.39 is 0 Å². The Morgan fingerprint density at radius 1 is 1.35 bits per heavy atom. The molecule has 2 rings (SSSR count). The monoisotopic (exact) mass is 276 g/mol. The van der Waals surface area contributed by atoms with Gasteiger partial charge in [0.2, 0.25) is 5.89 Å². The Morgan fingerprint density at radius 3 is 2.80 bits per heavy atom. The van der Waals surface area contributed by atoms with Crippen LogP contribution in [-0.2, 0) is 0 Å². The van der Waals surface area contributed by atoms with Gasteiger partial charge in [-0.3, -0.25) is 0 Å². The number of aromatic nitrogens is 2. The molecule has 108 valence electrons. The van der Waals surface area contributed by atoms with Gasteiger partial charge in [-0.15, -0.1) is 5.10 Å². The topological polar surface area (TPSA) is 86.2 Å². The van der Waals surface area contributed by atoms with E-state index in [1.54, 1.807) is 6.92 Å².